The molecule has 0 radical (unpaired) electrons. The van der Waals surface area contributed by atoms with E-state index in [0.29, 0.717) is 35.6 Å². The molecule has 196 valence electrons. The molecular weight excluding hydrogens is 500 g/mol. The number of hydrogen-bond donors (Lipinski definition) is 2. The molecule has 3 aromatic heterocycles. The molecule has 2 N–H and O–H groups in total. The van der Waals surface area contributed by atoms with Crippen molar-refractivity contribution in [3.05, 3.63) is 68.8 Å². The quantitative estimate of drug-likeness (QED) is 0.380. The van der Waals surface area contributed by atoms with Crippen LogP contribution < -0.4 is 15.8 Å². The highest BCUT2D eigenvalue weighted by molar-refractivity contribution is 7.08. The number of alkyl carbamates (subject to hydrolysis) is 1. The van der Waals surface area contributed by atoms with Crippen LogP contribution in [0.5, 0.6) is 0 Å². The van der Waals surface area contributed by atoms with Crippen LogP contribution in [0.25, 0.3) is 22.2 Å². The maximum absolute atomic E-state index is 13.9. The van der Waals surface area contributed by atoms with Crippen molar-refractivity contribution < 1.29 is 9.53 Å². The van der Waals surface area contributed by atoms with Crippen LogP contribution in [0.1, 0.15) is 44.7 Å². The van der Waals surface area contributed by atoms with Crippen molar-refractivity contribution in [1.82, 2.24) is 19.9 Å². The second-order valence-electron chi connectivity index (χ2n) is 10.4. The minimum Gasteiger partial charge on any atom is -0.444 e. The fraction of sp³-hybridized carbons (Fsp3) is 0.357. The highest BCUT2D eigenvalue weighted by atomic mass is 32.1. The number of hydrogen-bond acceptors (Lipinski definition) is 7. The van der Waals surface area contributed by atoms with E-state index in [0.717, 1.165) is 29.5 Å². The summed E-state index contributed by atoms with van der Waals surface area (Å²) in [5.41, 5.74) is 3.34. The first-order valence-electron chi connectivity index (χ1n) is 12.6. The molecule has 1 aliphatic heterocycles. The Hall–Kier alpha value is -4.10. The lowest BCUT2D eigenvalue weighted by atomic mass is 10.1. The predicted molar refractivity (Wildman–Crippen MR) is 149 cm³/mol. The second kappa shape index (κ2) is 10.3. The predicted octanol–water partition coefficient (Wildman–Crippen LogP) is 4.87. The van der Waals surface area contributed by atoms with E-state index in [4.69, 9.17) is 9.72 Å². The summed E-state index contributed by atoms with van der Waals surface area (Å²) in [6.45, 7) is 6.86. The number of carbonyl (C=O) groups is 1. The Morgan fingerprint density at radius 1 is 1.32 bits per heavy atom. The van der Waals surface area contributed by atoms with Crippen LogP contribution in [0.3, 0.4) is 0 Å². The number of nitriles is 1. The fourth-order valence-electron chi connectivity index (χ4n) is 4.79. The topological polar surface area (TPSA) is 116 Å². The first-order valence-corrected chi connectivity index (χ1v) is 13.5. The number of carbonyl (C=O) groups excluding carboxylic acids is 1. The van der Waals surface area contributed by atoms with Gasteiger partial charge in [0.05, 0.1) is 18.2 Å². The number of thiophene rings is 1. The number of fused-ring (bicyclic) bond motifs is 1. The number of rotatable bonds is 5. The molecule has 10 heteroatoms. The third-order valence-corrected chi connectivity index (χ3v) is 7.17. The highest BCUT2D eigenvalue weighted by Crippen LogP contribution is 2.30. The summed E-state index contributed by atoms with van der Waals surface area (Å²) < 4.78 is 7.09. The molecule has 5 rings (SSSR count). The Bertz CT molecular complexity index is 1560. The van der Waals surface area contributed by atoms with Crippen molar-refractivity contribution in [2.75, 3.05) is 18.0 Å². The summed E-state index contributed by atoms with van der Waals surface area (Å²) in [5.74, 6) is 0.516. The first-order chi connectivity index (χ1) is 18.2. The average Bonchev–Trinajstić information content (AvgIpc) is 3.55. The summed E-state index contributed by atoms with van der Waals surface area (Å²) in [6, 6.07) is 11.3. The van der Waals surface area contributed by atoms with E-state index in [2.05, 4.69) is 16.4 Å². The smallest absolute Gasteiger partial charge is 0.407 e. The van der Waals surface area contributed by atoms with E-state index in [1.165, 1.54) is 0 Å². The minimum absolute atomic E-state index is 0.159. The van der Waals surface area contributed by atoms with E-state index in [1.807, 2.05) is 66.9 Å². The summed E-state index contributed by atoms with van der Waals surface area (Å²) in [4.78, 5) is 36.6. The molecule has 0 saturated carbocycles. The van der Waals surface area contributed by atoms with E-state index in [9.17, 15) is 14.9 Å². The van der Waals surface area contributed by atoms with E-state index in [-0.39, 0.29) is 18.1 Å². The molecule has 38 heavy (non-hydrogen) atoms. The molecule has 4 heterocycles. The summed E-state index contributed by atoms with van der Waals surface area (Å²) in [7, 11) is 0. The lowest BCUT2D eigenvalue weighted by molar-refractivity contribution is 0.0499. The number of piperidine rings is 1. The van der Waals surface area contributed by atoms with Crippen LogP contribution in [0.2, 0.25) is 0 Å². The number of aromatic nitrogens is 3. The fourth-order valence-corrected chi connectivity index (χ4v) is 5.45. The van der Waals surface area contributed by atoms with E-state index >= 15 is 0 Å². The number of benzene rings is 1. The van der Waals surface area contributed by atoms with Crippen molar-refractivity contribution in [3.63, 3.8) is 0 Å². The van der Waals surface area contributed by atoms with Crippen molar-refractivity contribution in [2.45, 2.75) is 51.8 Å². The number of H-pyrrole nitrogens is 1. The van der Waals surface area contributed by atoms with Crippen molar-refractivity contribution >= 4 is 34.4 Å². The SMILES string of the molecule is CC(C)(C)OC(=O)N[C@@H]1CCCN(c2nc3c(-c4ccsc4)c[nH]c3c(=O)n2Cc2ccccc2C#N)C1. The van der Waals surface area contributed by atoms with E-state index in [1.54, 1.807) is 22.0 Å². The Balaban J connectivity index is 1.56. The van der Waals surface area contributed by atoms with Gasteiger partial charge in [0, 0.05) is 30.9 Å². The molecule has 0 unspecified atom stereocenters. The van der Waals surface area contributed by atoms with Crippen LogP contribution in [-0.2, 0) is 11.3 Å². The zero-order chi connectivity index (χ0) is 26.9. The first kappa shape index (κ1) is 25.5. The lowest BCUT2D eigenvalue weighted by Gasteiger charge is -2.35. The van der Waals surface area contributed by atoms with Crippen molar-refractivity contribution in [2.24, 2.45) is 0 Å². The van der Waals surface area contributed by atoms with Gasteiger partial charge >= 0.3 is 6.09 Å². The number of nitrogens with one attached hydrogen (secondary N) is 2. The average molecular weight is 531 g/mol. The van der Waals surface area contributed by atoms with Gasteiger partial charge in [-0.25, -0.2) is 9.78 Å². The monoisotopic (exact) mass is 530 g/mol. The Morgan fingerprint density at radius 2 is 2.13 bits per heavy atom. The Morgan fingerprint density at radius 3 is 2.87 bits per heavy atom. The van der Waals surface area contributed by atoms with Crippen LogP contribution in [0.15, 0.2) is 52.1 Å². The summed E-state index contributed by atoms with van der Waals surface area (Å²) in [5, 5.41) is 16.6. The molecule has 9 nitrogen and oxygen atoms in total. The molecular formula is C28H30N6O3S. The molecule has 0 bridgehead atoms. The van der Waals surface area contributed by atoms with Gasteiger partial charge in [-0.05, 0) is 67.6 Å². The maximum atomic E-state index is 13.9. The third kappa shape index (κ3) is 5.29. The highest BCUT2D eigenvalue weighted by Gasteiger charge is 2.28. The van der Waals surface area contributed by atoms with Gasteiger partial charge in [-0.2, -0.15) is 16.6 Å². The molecule has 1 fully saturated rings. The van der Waals surface area contributed by atoms with Gasteiger partial charge in [0.25, 0.3) is 5.56 Å². The molecule has 0 spiro atoms. The number of nitrogens with zero attached hydrogens (tertiary/aromatic N) is 4. The van der Waals surface area contributed by atoms with Gasteiger partial charge < -0.3 is 19.9 Å². The van der Waals surface area contributed by atoms with Crippen molar-refractivity contribution in [3.8, 4) is 17.2 Å². The van der Waals surface area contributed by atoms with Gasteiger partial charge in [-0.1, -0.05) is 18.2 Å². The number of anilines is 1. The Kier molecular flexibility index (Phi) is 6.95. The molecule has 4 aromatic rings. The zero-order valence-electron chi connectivity index (χ0n) is 21.7. The van der Waals surface area contributed by atoms with Crippen LogP contribution in [0, 0.1) is 11.3 Å². The lowest BCUT2D eigenvalue weighted by Crippen LogP contribution is -2.50. The normalized spacial score (nSPS) is 15.8. The Labute approximate surface area is 224 Å². The minimum atomic E-state index is -0.591. The van der Waals surface area contributed by atoms with Gasteiger partial charge in [0.15, 0.2) is 0 Å². The largest absolute Gasteiger partial charge is 0.444 e. The summed E-state index contributed by atoms with van der Waals surface area (Å²) >= 11 is 1.58. The summed E-state index contributed by atoms with van der Waals surface area (Å²) in [6.07, 6.45) is 2.97. The van der Waals surface area contributed by atoms with Gasteiger partial charge in [-0.15, -0.1) is 0 Å². The maximum Gasteiger partial charge on any atom is 0.407 e. The van der Waals surface area contributed by atoms with Crippen LogP contribution >= 0.6 is 11.3 Å². The van der Waals surface area contributed by atoms with Gasteiger partial charge in [0.2, 0.25) is 5.95 Å². The molecule has 1 aliphatic rings. The molecule has 1 saturated heterocycles. The van der Waals surface area contributed by atoms with Crippen LogP contribution in [0.4, 0.5) is 10.7 Å². The van der Waals surface area contributed by atoms with Crippen molar-refractivity contribution in [1.29, 1.82) is 5.26 Å². The second-order valence-corrected chi connectivity index (χ2v) is 11.2. The molecule has 1 amide bonds. The number of amides is 1. The van der Waals surface area contributed by atoms with Gasteiger partial charge in [-0.3, -0.25) is 9.36 Å². The zero-order valence-corrected chi connectivity index (χ0v) is 22.5. The number of ether oxygens (including phenoxy) is 1. The molecule has 1 atom stereocenters. The third-order valence-electron chi connectivity index (χ3n) is 6.49. The van der Waals surface area contributed by atoms with Crippen LogP contribution in [-0.4, -0.2) is 45.4 Å². The standard InChI is InChI=1S/C28H30N6O3S/c1-28(2,3)37-27(36)31-21-9-6-11-33(16-21)26-32-23-22(20-10-12-38-17-20)14-30-24(23)25(35)34(26)15-19-8-5-4-7-18(19)13-29/h4-5,7-8,10,12,14,17,21,30H,6,9,11,15-16H2,1-3H3,(H,31,36)/t21-/m1/s1. The van der Waals surface area contributed by atoms with E-state index < -0.39 is 11.7 Å². The molecule has 1 aromatic carbocycles. The molecule has 0 aliphatic carbocycles. The number of aromatic amines is 1. The van der Waals surface area contributed by atoms with Gasteiger partial charge in [0.1, 0.15) is 16.6 Å².